The molecule has 26 heavy (non-hydrogen) atoms. The van der Waals surface area contributed by atoms with Crippen LogP contribution in [0.1, 0.15) is 39.0 Å². The van der Waals surface area contributed by atoms with Gasteiger partial charge in [-0.3, -0.25) is 0 Å². The third-order valence-electron chi connectivity index (χ3n) is 3.81. The van der Waals surface area contributed by atoms with E-state index in [-0.39, 0.29) is 0 Å². The van der Waals surface area contributed by atoms with Crippen molar-refractivity contribution in [1.82, 2.24) is 20.4 Å². The molecule has 0 aromatic carbocycles. The second-order valence-electron chi connectivity index (χ2n) is 5.99. The summed E-state index contributed by atoms with van der Waals surface area (Å²) in [6.45, 7) is 5.68. The minimum absolute atomic E-state index is 0.344. The second kappa shape index (κ2) is 15.1. The van der Waals surface area contributed by atoms with Crippen LogP contribution in [-0.4, -0.2) is 89.2 Å². The third kappa shape index (κ3) is 14.1. The molecule has 0 aromatic rings. The molecule has 10 heteroatoms. The summed E-state index contributed by atoms with van der Waals surface area (Å²) in [5.41, 5.74) is 0. The summed E-state index contributed by atoms with van der Waals surface area (Å²) in [6.07, 6.45) is 0.677. The lowest BCUT2D eigenvalue weighted by molar-refractivity contribution is 0.140. The Morgan fingerprint density at radius 3 is 1.62 bits per heavy atom. The highest BCUT2D eigenvalue weighted by molar-refractivity contribution is 5.65. The summed E-state index contributed by atoms with van der Waals surface area (Å²) in [5.74, 6) is 0. The quantitative estimate of drug-likeness (QED) is 0.274. The van der Waals surface area contributed by atoms with E-state index in [1.807, 2.05) is 6.92 Å². The van der Waals surface area contributed by atoms with E-state index in [0.717, 1.165) is 12.8 Å². The molecule has 152 valence electrons. The molecule has 0 saturated carbocycles. The maximum absolute atomic E-state index is 11.2. The minimum atomic E-state index is -1.06. The van der Waals surface area contributed by atoms with Gasteiger partial charge in [0.05, 0.1) is 0 Å². The Bertz CT molecular complexity index is 400. The smallest absolute Gasteiger partial charge is 0.407 e. The molecule has 0 spiro atoms. The predicted molar refractivity (Wildman–Crippen MR) is 96.9 cm³/mol. The van der Waals surface area contributed by atoms with Crippen LogP contribution in [0.4, 0.5) is 14.4 Å². The molecule has 0 aliphatic rings. The van der Waals surface area contributed by atoms with E-state index in [1.54, 1.807) is 0 Å². The van der Waals surface area contributed by atoms with Crippen molar-refractivity contribution >= 4 is 18.3 Å². The fraction of sp³-hybridized carbons (Fsp3) is 0.812. The standard InChI is InChI=1S/C16H32N4O6/c1-2-3-12-20(16(25)26)13-6-11-19(9-4-7-17-14(21)22)10-5-8-18-15(23)24/h17-18H,2-13H2,1H3,(H,21,22)(H,23,24)(H,25,26). The molecule has 10 nitrogen and oxygen atoms in total. The number of carboxylic acid groups (broad SMARTS) is 3. The van der Waals surface area contributed by atoms with Crippen LogP contribution in [0.5, 0.6) is 0 Å². The zero-order valence-corrected chi connectivity index (χ0v) is 15.4. The fourth-order valence-corrected chi connectivity index (χ4v) is 2.47. The Hall–Kier alpha value is -2.23. The predicted octanol–water partition coefficient (Wildman–Crippen LogP) is 1.77. The zero-order valence-electron chi connectivity index (χ0n) is 15.4. The normalized spacial score (nSPS) is 10.5. The molecule has 0 aliphatic carbocycles. The molecule has 0 radical (unpaired) electrons. The van der Waals surface area contributed by atoms with Gasteiger partial charge < -0.3 is 35.8 Å². The third-order valence-corrected chi connectivity index (χ3v) is 3.81. The highest BCUT2D eigenvalue weighted by atomic mass is 16.4. The van der Waals surface area contributed by atoms with Gasteiger partial charge in [0.2, 0.25) is 0 Å². The fourth-order valence-electron chi connectivity index (χ4n) is 2.47. The Morgan fingerprint density at radius 1 is 0.731 bits per heavy atom. The summed E-state index contributed by atoms with van der Waals surface area (Å²) in [4.78, 5) is 35.7. The Balaban J connectivity index is 4.26. The number of rotatable bonds is 15. The molecule has 0 atom stereocenters. The Kier molecular flexibility index (Phi) is 13.8. The molecular formula is C16H32N4O6. The van der Waals surface area contributed by atoms with Gasteiger partial charge >= 0.3 is 18.3 Å². The molecule has 0 rings (SSSR count). The lowest BCUT2D eigenvalue weighted by atomic mass is 10.2. The zero-order chi connectivity index (χ0) is 19.8. The van der Waals surface area contributed by atoms with Gasteiger partial charge in [-0.2, -0.15) is 0 Å². The summed E-state index contributed by atoms with van der Waals surface area (Å²) < 4.78 is 0. The van der Waals surface area contributed by atoms with E-state index in [2.05, 4.69) is 15.5 Å². The van der Waals surface area contributed by atoms with Gasteiger partial charge in [0, 0.05) is 26.2 Å². The number of amides is 3. The van der Waals surface area contributed by atoms with Crippen molar-refractivity contribution in [1.29, 1.82) is 0 Å². The SMILES string of the molecule is CCCCN(CCCN(CCCNC(=O)O)CCCNC(=O)O)C(=O)O. The van der Waals surface area contributed by atoms with Crippen LogP contribution < -0.4 is 10.6 Å². The van der Waals surface area contributed by atoms with Gasteiger partial charge in [0.25, 0.3) is 0 Å². The molecule has 0 unspecified atom stereocenters. The van der Waals surface area contributed by atoms with Gasteiger partial charge in [-0.05, 0) is 45.3 Å². The van der Waals surface area contributed by atoms with Crippen molar-refractivity contribution in [3.05, 3.63) is 0 Å². The molecule has 0 bridgehead atoms. The van der Waals surface area contributed by atoms with Gasteiger partial charge in [0.15, 0.2) is 0 Å². The van der Waals surface area contributed by atoms with Gasteiger partial charge in [-0.25, -0.2) is 14.4 Å². The molecule has 0 heterocycles. The van der Waals surface area contributed by atoms with Crippen molar-refractivity contribution in [2.75, 3.05) is 45.8 Å². The first-order chi connectivity index (χ1) is 12.4. The average molecular weight is 376 g/mol. The number of nitrogens with one attached hydrogen (secondary N) is 2. The lowest BCUT2D eigenvalue weighted by Gasteiger charge is -2.24. The van der Waals surface area contributed by atoms with Crippen LogP contribution in [-0.2, 0) is 0 Å². The van der Waals surface area contributed by atoms with Crippen molar-refractivity contribution < 1.29 is 29.7 Å². The van der Waals surface area contributed by atoms with E-state index in [1.165, 1.54) is 4.90 Å². The van der Waals surface area contributed by atoms with Gasteiger partial charge in [0.1, 0.15) is 0 Å². The van der Waals surface area contributed by atoms with Gasteiger partial charge in [-0.1, -0.05) is 13.3 Å². The van der Waals surface area contributed by atoms with Crippen molar-refractivity contribution in [3.63, 3.8) is 0 Å². The number of unbranched alkanes of at least 4 members (excludes halogenated alkanes) is 1. The van der Waals surface area contributed by atoms with Gasteiger partial charge in [-0.15, -0.1) is 0 Å². The first kappa shape index (κ1) is 23.8. The minimum Gasteiger partial charge on any atom is -0.465 e. The number of hydrogen-bond acceptors (Lipinski definition) is 4. The molecule has 0 aromatic heterocycles. The maximum Gasteiger partial charge on any atom is 0.407 e. The average Bonchev–Trinajstić information content (AvgIpc) is 2.56. The summed E-state index contributed by atoms with van der Waals surface area (Å²) in [5, 5.41) is 31.0. The first-order valence-electron chi connectivity index (χ1n) is 9.00. The number of carbonyl (C=O) groups is 3. The Labute approximate surface area is 154 Å². The van der Waals surface area contributed by atoms with E-state index in [4.69, 9.17) is 10.2 Å². The highest BCUT2D eigenvalue weighted by Crippen LogP contribution is 2.01. The van der Waals surface area contributed by atoms with Crippen LogP contribution in [0.3, 0.4) is 0 Å². The monoisotopic (exact) mass is 376 g/mol. The molecular weight excluding hydrogens is 344 g/mol. The number of hydrogen-bond donors (Lipinski definition) is 5. The van der Waals surface area contributed by atoms with Crippen molar-refractivity contribution in [2.45, 2.75) is 39.0 Å². The van der Waals surface area contributed by atoms with Crippen LogP contribution in [0.25, 0.3) is 0 Å². The van der Waals surface area contributed by atoms with Crippen molar-refractivity contribution in [3.8, 4) is 0 Å². The maximum atomic E-state index is 11.2. The van der Waals surface area contributed by atoms with Crippen LogP contribution >= 0.6 is 0 Å². The highest BCUT2D eigenvalue weighted by Gasteiger charge is 2.12. The summed E-state index contributed by atoms with van der Waals surface area (Å²) >= 11 is 0. The second-order valence-corrected chi connectivity index (χ2v) is 5.99. The van der Waals surface area contributed by atoms with Crippen LogP contribution in [0.15, 0.2) is 0 Å². The molecule has 0 aliphatic heterocycles. The lowest BCUT2D eigenvalue weighted by Crippen LogP contribution is -2.36. The summed E-state index contributed by atoms with van der Waals surface area (Å²) in [7, 11) is 0. The van der Waals surface area contributed by atoms with E-state index in [9.17, 15) is 19.5 Å². The largest absolute Gasteiger partial charge is 0.465 e. The van der Waals surface area contributed by atoms with E-state index >= 15 is 0 Å². The van der Waals surface area contributed by atoms with E-state index in [0.29, 0.717) is 65.1 Å². The van der Waals surface area contributed by atoms with Crippen molar-refractivity contribution in [2.24, 2.45) is 0 Å². The van der Waals surface area contributed by atoms with E-state index < -0.39 is 18.3 Å². The Morgan fingerprint density at radius 2 is 1.19 bits per heavy atom. The topological polar surface area (TPSA) is 142 Å². The summed E-state index contributed by atoms with van der Waals surface area (Å²) in [6, 6.07) is 0. The molecule has 5 N–H and O–H groups in total. The van der Waals surface area contributed by atoms with Crippen LogP contribution in [0.2, 0.25) is 0 Å². The molecule has 0 fully saturated rings. The molecule has 3 amide bonds. The number of nitrogens with zero attached hydrogens (tertiary/aromatic N) is 2. The van der Waals surface area contributed by atoms with Crippen LogP contribution in [0, 0.1) is 0 Å². The molecule has 0 saturated heterocycles. The first-order valence-corrected chi connectivity index (χ1v) is 9.00.